The summed E-state index contributed by atoms with van der Waals surface area (Å²) in [5.74, 6) is 1.70. The van der Waals surface area contributed by atoms with Gasteiger partial charge in [-0.3, -0.25) is 4.98 Å². The molecule has 3 aromatic heterocycles. The summed E-state index contributed by atoms with van der Waals surface area (Å²) in [6.45, 7) is 6.33. The predicted molar refractivity (Wildman–Crippen MR) is 105 cm³/mol. The van der Waals surface area contributed by atoms with Crippen molar-refractivity contribution >= 4 is 28.8 Å². The number of aryl methyl sites for hydroxylation is 1. The molecule has 1 fully saturated rings. The van der Waals surface area contributed by atoms with Crippen LogP contribution >= 0.6 is 22.9 Å². The Morgan fingerprint density at radius 3 is 2.69 bits per heavy atom. The Balaban J connectivity index is 1.67. The standard InChI is InChI=1S/C19H19ClN4OS/c1-12-13(2)22-18(14-5-7-21-8-6-14)23-19(12)24-9-10-25-15(11-24)16-3-4-17(20)26-16/h3-8,15H,9-11H2,1-2H3. The number of ether oxygens (including phenoxy) is 1. The van der Waals surface area contributed by atoms with E-state index in [1.807, 2.05) is 31.2 Å². The van der Waals surface area contributed by atoms with Crippen molar-refractivity contribution in [3.63, 3.8) is 0 Å². The Kier molecular flexibility index (Phi) is 4.89. The van der Waals surface area contributed by atoms with E-state index in [0.717, 1.165) is 50.8 Å². The molecule has 3 aromatic rings. The number of hydrogen-bond donors (Lipinski definition) is 0. The second-order valence-corrected chi connectivity index (χ2v) is 8.01. The van der Waals surface area contributed by atoms with Gasteiger partial charge in [0.25, 0.3) is 0 Å². The van der Waals surface area contributed by atoms with Crippen molar-refractivity contribution in [2.45, 2.75) is 20.0 Å². The van der Waals surface area contributed by atoms with Crippen LogP contribution < -0.4 is 4.90 Å². The van der Waals surface area contributed by atoms with Crippen LogP contribution in [0, 0.1) is 13.8 Å². The maximum atomic E-state index is 6.09. The number of nitrogens with zero attached hydrogens (tertiary/aromatic N) is 4. The Morgan fingerprint density at radius 2 is 1.96 bits per heavy atom. The van der Waals surface area contributed by atoms with Crippen molar-refractivity contribution in [2.75, 3.05) is 24.6 Å². The van der Waals surface area contributed by atoms with Crippen LogP contribution in [0.1, 0.15) is 22.2 Å². The summed E-state index contributed by atoms with van der Waals surface area (Å²) >= 11 is 7.66. The molecule has 0 radical (unpaired) electrons. The van der Waals surface area contributed by atoms with Gasteiger partial charge in [-0.1, -0.05) is 11.6 Å². The molecule has 1 saturated heterocycles. The van der Waals surface area contributed by atoms with Crippen LogP contribution in [0.3, 0.4) is 0 Å². The third-order valence-corrected chi connectivity index (χ3v) is 5.90. The Morgan fingerprint density at radius 1 is 1.15 bits per heavy atom. The van der Waals surface area contributed by atoms with E-state index >= 15 is 0 Å². The number of halogens is 1. The normalized spacial score (nSPS) is 17.5. The number of aromatic nitrogens is 3. The molecule has 4 heterocycles. The summed E-state index contributed by atoms with van der Waals surface area (Å²) < 4.78 is 6.76. The molecule has 1 aliphatic heterocycles. The van der Waals surface area contributed by atoms with Crippen LogP contribution in [0.2, 0.25) is 4.34 Å². The zero-order chi connectivity index (χ0) is 18.1. The number of anilines is 1. The zero-order valence-corrected chi connectivity index (χ0v) is 16.2. The molecule has 5 nitrogen and oxygen atoms in total. The quantitative estimate of drug-likeness (QED) is 0.665. The molecule has 0 bridgehead atoms. The van der Waals surface area contributed by atoms with Crippen LogP contribution in [0.25, 0.3) is 11.4 Å². The molecule has 0 saturated carbocycles. The average Bonchev–Trinajstić information content (AvgIpc) is 3.11. The van der Waals surface area contributed by atoms with Gasteiger partial charge in [-0.25, -0.2) is 9.97 Å². The lowest BCUT2D eigenvalue weighted by Gasteiger charge is -2.34. The summed E-state index contributed by atoms with van der Waals surface area (Å²) in [6, 6.07) is 7.83. The Hall–Kier alpha value is -2.02. The molecular weight excluding hydrogens is 368 g/mol. The van der Waals surface area contributed by atoms with E-state index in [1.165, 1.54) is 0 Å². The fraction of sp³-hybridized carbons (Fsp3) is 0.316. The molecule has 26 heavy (non-hydrogen) atoms. The Bertz CT molecular complexity index is 915. The average molecular weight is 387 g/mol. The Labute approximate surface area is 161 Å². The van der Waals surface area contributed by atoms with Crippen molar-refractivity contribution < 1.29 is 4.74 Å². The summed E-state index contributed by atoms with van der Waals surface area (Å²) in [5, 5.41) is 0. The van der Waals surface area contributed by atoms with Gasteiger partial charge in [0.2, 0.25) is 0 Å². The predicted octanol–water partition coefficient (Wildman–Crippen LogP) is 4.45. The highest BCUT2D eigenvalue weighted by atomic mass is 35.5. The fourth-order valence-electron chi connectivity index (χ4n) is 3.07. The third-order valence-electron chi connectivity index (χ3n) is 4.58. The summed E-state index contributed by atoms with van der Waals surface area (Å²) in [5.41, 5.74) is 3.07. The molecule has 1 unspecified atom stereocenters. The SMILES string of the molecule is Cc1nc(-c2ccncc2)nc(N2CCOC(c3ccc(Cl)s3)C2)c1C. The minimum absolute atomic E-state index is 0.0142. The first kappa shape index (κ1) is 17.4. The number of pyridine rings is 1. The van der Waals surface area contributed by atoms with E-state index in [9.17, 15) is 0 Å². The molecule has 0 spiro atoms. The van der Waals surface area contributed by atoms with E-state index in [0.29, 0.717) is 6.61 Å². The van der Waals surface area contributed by atoms with Gasteiger partial charge in [-0.2, -0.15) is 0 Å². The molecule has 134 valence electrons. The second kappa shape index (κ2) is 7.31. The first-order valence-electron chi connectivity index (χ1n) is 8.49. The van der Waals surface area contributed by atoms with Crippen LogP contribution in [-0.4, -0.2) is 34.6 Å². The molecule has 4 rings (SSSR count). The molecular formula is C19H19ClN4OS. The lowest BCUT2D eigenvalue weighted by molar-refractivity contribution is 0.0418. The molecule has 0 aliphatic carbocycles. The van der Waals surface area contributed by atoms with Crippen molar-refractivity contribution in [1.29, 1.82) is 0 Å². The maximum absolute atomic E-state index is 6.09. The first-order valence-corrected chi connectivity index (χ1v) is 9.68. The lowest BCUT2D eigenvalue weighted by atomic mass is 10.1. The smallest absolute Gasteiger partial charge is 0.161 e. The van der Waals surface area contributed by atoms with Gasteiger partial charge in [0.15, 0.2) is 5.82 Å². The minimum atomic E-state index is 0.0142. The molecule has 0 amide bonds. The molecule has 7 heteroatoms. The van der Waals surface area contributed by atoms with E-state index in [4.69, 9.17) is 21.3 Å². The highest BCUT2D eigenvalue weighted by Gasteiger charge is 2.26. The van der Waals surface area contributed by atoms with Crippen LogP contribution in [0.15, 0.2) is 36.7 Å². The van der Waals surface area contributed by atoms with E-state index in [2.05, 4.69) is 21.8 Å². The topological polar surface area (TPSA) is 51.1 Å². The van der Waals surface area contributed by atoms with Gasteiger partial charge in [-0.05, 0) is 38.1 Å². The van der Waals surface area contributed by atoms with E-state index in [-0.39, 0.29) is 6.10 Å². The monoisotopic (exact) mass is 386 g/mol. The number of morpholine rings is 1. The van der Waals surface area contributed by atoms with Crippen molar-refractivity contribution in [3.05, 3.63) is 57.1 Å². The fourth-order valence-corrected chi connectivity index (χ4v) is 4.17. The van der Waals surface area contributed by atoms with E-state index < -0.39 is 0 Å². The largest absolute Gasteiger partial charge is 0.369 e. The van der Waals surface area contributed by atoms with E-state index in [1.54, 1.807) is 23.7 Å². The summed E-state index contributed by atoms with van der Waals surface area (Å²) in [4.78, 5) is 17.1. The maximum Gasteiger partial charge on any atom is 0.161 e. The van der Waals surface area contributed by atoms with Crippen LogP contribution in [0.4, 0.5) is 5.82 Å². The molecule has 0 aromatic carbocycles. The highest BCUT2D eigenvalue weighted by molar-refractivity contribution is 7.16. The van der Waals surface area contributed by atoms with Crippen LogP contribution in [-0.2, 0) is 4.74 Å². The molecule has 1 aliphatic rings. The second-order valence-electron chi connectivity index (χ2n) is 6.26. The summed E-state index contributed by atoms with van der Waals surface area (Å²) in [7, 11) is 0. The van der Waals surface area contributed by atoms with Gasteiger partial charge in [-0.15, -0.1) is 11.3 Å². The number of hydrogen-bond acceptors (Lipinski definition) is 6. The zero-order valence-electron chi connectivity index (χ0n) is 14.6. The molecule has 1 atom stereocenters. The minimum Gasteiger partial charge on any atom is -0.369 e. The van der Waals surface area contributed by atoms with Gasteiger partial charge >= 0.3 is 0 Å². The van der Waals surface area contributed by atoms with Crippen molar-refractivity contribution in [1.82, 2.24) is 15.0 Å². The van der Waals surface area contributed by atoms with Gasteiger partial charge < -0.3 is 9.64 Å². The third kappa shape index (κ3) is 3.45. The van der Waals surface area contributed by atoms with Crippen molar-refractivity contribution in [2.24, 2.45) is 0 Å². The van der Waals surface area contributed by atoms with Crippen LogP contribution in [0.5, 0.6) is 0 Å². The number of rotatable bonds is 3. The highest BCUT2D eigenvalue weighted by Crippen LogP contribution is 2.33. The molecule has 0 N–H and O–H groups in total. The van der Waals surface area contributed by atoms with Gasteiger partial charge in [0.05, 0.1) is 17.5 Å². The first-order chi connectivity index (χ1) is 12.6. The van der Waals surface area contributed by atoms with Crippen molar-refractivity contribution in [3.8, 4) is 11.4 Å². The lowest BCUT2D eigenvalue weighted by Crippen LogP contribution is -2.39. The number of thiophene rings is 1. The summed E-state index contributed by atoms with van der Waals surface area (Å²) in [6.07, 6.45) is 3.54. The van der Waals surface area contributed by atoms with Gasteiger partial charge in [0.1, 0.15) is 11.9 Å². The van der Waals surface area contributed by atoms with Gasteiger partial charge in [0, 0.05) is 40.6 Å².